The maximum atomic E-state index is 12.0. The second kappa shape index (κ2) is 6.80. The molecule has 104 valence electrons. The molecule has 1 fully saturated rings. The molecule has 1 amide bonds. The lowest BCUT2D eigenvalue weighted by Gasteiger charge is -2.33. The summed E-state index contributed by atoms with van der Waals surface area (Å²) in [6.07, 6.45) is 1.98. The second-order valence-electron chi connectivity index (χ2n) is 5.00. The topological polar surface area (TPSA) is 29.5 Å². The molecule has 1 aliphatic rings. The first-order valence-electron chi connectivity index (χ1n) is 6.76. The number of ether oxygens (including phenoxy) is 1. The van der Waals surface area contributed by atoms with Crippen LogP contribution in [0.4, 0.5) is 0 Å². The lowest BCUT2D eigenvalue weighted by molar-refractivity contribution is -0.134. The van der Waals surface area contributed by atoms with Gasteiger partial charge in [-0.15, -0.1) is 11.6 Å². The summed E-state index contributed by atoms with van der Waals surface area (Å²) in [5, 5.41) is 0.192. The van der Waals surface area contributed by atoms with E-state index in [1.807, 2.05) is 42.2 Å². The fourth-order valence-electron chi connectivity index (χ4n) is 2.36. The smallest absolute Gasteiger partial charge is 0.260 e. The SMILES string of the molecule is CC(Cl)C1CCN(C(=O)COc2ccccc2)CC1. The average molecular weight is 282 g/mol. The molecular formula is C15H20ClNO2. The van der Waals surface area contributed by atoms with Gasteiger partial charge in [-0.05, 0) is 37.8 Å². The van der Waals surface area contributed by atoms with E-state index >= 15 is 0 Å². The molecule has 1 aliphatic heterocycles. The van der Waals surface area contributed by atoms with Gasteiger partial charge in [-0.25, -0.2) is 0 Å². The number of hydrogen-bond acceptors (Lipinski definition) is 2. The third kappa shape index (κ3) is 4.13. The molecule has 4 heteroatoms. The van der Waals surface area contributed by atoms with Gasteiger partial charge in [0.25, 0.3) is 5.91 Å². The second-order valence-corrected chi connectivity index (χ2v) is 5.69. The van der Waals surface area contributed by atoms with Gasteiger partial charge in [0.1, 0.15) is 5.75 Å². The van der Waals surface area contributed by atoms with Crippen LogP contribution < -0.4 is 4.74 Å². The molecule has 0 saturated carbocycles. The van der Waals surface area contributed by atoms with E-state index in [-0.39, 0.29) is 17.9 Å². The molecule has 0 aromatic heterocycles. The zero-order valence-corrected chi connectivity index (χ0v) is 12.0. The molecule has 0 N–H and O–H groups in total. The van der Waals surface area contributed by atoms with Gasteiger partial charge < -0.3 is 9.64 Å². The molecule has 3 nitrogen and oxygen atoms in total. The Kier molecular flexibility index (Phi) is 5.08. The third-order valence-electron chi connectivity index (χ3n) is 3.65. The Labute approximate surface area is 119 Å². The zero-order valence-electron chi connectivity index (χ0n) is 11.2. The summed E-state index contributed by atoms with van der Waals surface area (Å²) in [6, 6.07) is 9.43. The maximum absolute atomic E-state index is 12.0. The highest BCUT2D eigenvalue weighted by Gasteiger charge is 2.25. The van der Waals surface area contributed by atoms with E-state index in [1.54, 1.807) is 0 Å². The summed E-state index contributed by atoms with van der Waals surface area (Å²) >= 11 is 6.10. The first-order valence-corrected chi connectivity index (χ1v) is 7.20. The predicted octanol–water partition coefficient (Wildman–Crippen LogP) is 2.93. The van der Waals surface area contributed by atoms with E-state index in [9.17, 15) is 4.79 Å². The highest BCUT2D eigenvalue weighted by Crippen LogP contribution is 2.23. The molecule has 1 heterocycles. The van der Waals surface area contributed by atoms with Crippen molar-refractivity contribution in [2.75, 3.05) is 19.7 Å². The van der Waals surface area contributed by atoms with Gasteiger partial charge in [-0.3, -0.25) is 4.79 Å². The van der Waals surface area contributed by atoms with Crippen molar-refractivity contribution in [2.24, 2.45) is 5.92 Å². The van der Waals surface area contributed by atoms with Crippen LogP contribution in [0.1, 0.15) is 19.8 Å². The molecule has 1 unspecified atom stereocenters. The number of nitrogens with zero attached hydrogens (tertiary/aromatic N) is 1. The van der Waals surface area contributed by atoms with Gasteiger partial charge in [-0.2, -0.15) is 0 Å². The number of alkyl halides is 1. The minimum Gasteiger partial charge on any atom is -0.484 e. The molecule has 19 heavy (non-hydrogen) atoms. The maximum Gasteiger partial charge on any atom is 0.260 e. The van der Waals surface area contributed by atoms with Crippen molar-refractivity contribution in [2.45, 2.75) is 25.1 Å². The summed E-state index contributed by atoms with van der Waals surface area (Å²) < 4.78 is 5.48. The summed E-state index contributed by atoms with van der Waals surface area (Å²) in [5.74, 6) is 1.32. The van der Waals surface area contributed by atoms with Crippen LogP contribution in [-0.2, 0) is 4.79 Å². The molecule has 0 radical (unpaired) electrons. The molecule has 0 aliphatic carbocycles. The van der Waals surface area contributed by atoms with E-state index in [1.165, 1.54) is 0 Å². The van der Waals surface area contributed by atoms with E-state index < -0.39 is 0 Å². The van der Waals surface area contributed by atoms with Crippen LogP contribution in [0.2, 0.25) is 0 Å². The van der Waals surface area contributed by atoms with Crippen LogP contribution in [0.3, 0.4) is 0 Å². The van der Waals surface area contributed by atoms with Gasteiger partial charge in [0, 0.05) is 18.5 Å². The van der Waals surface area contributed by atoms with Crippen LogP contribution in [-0.4, -0.2) is 35.9 Å². The number of amides is 1. The lowest BCUT2D eigenvalue weighted by Crippen LogP contribution is -2.42. The number of piperidine rings is 1. The van der Waals surface area contributed by atoms with E-state index in [0.29, 0.717) is 5.92 Å². The van der Waals surface area contributed by atoms with Crippen molar-refractivity contribution in [3.05, 3.63) is 30.3 Å². The quantitative estimate of drug-likeness (QED) is 0.794. The first-order chi connectivity index (χ1) is 9.16. The van der Waals surface area contributed by atoms with Crippen LogP contribution in [0.25, 0.3) is 0 Å². The van der Waals surface area contributed by atoms with Crippen molar-refractivity contribution in [3.8, 4) is 5.75 Å². The average Bonchev–Trinajstić information content (AvgIpc) is 2.46. The number of para-hydroxylation sites is 1. The molecule has 1 atom stereocenters. The van der Waals surface area contributed by atoms with E-state index in [2.05, 4.69) is 0 Å². The Morgan fingerprint density at radius 3 is 2.58 bits per heavy atom. The number of halogens is 1. The highest BCUT2D eigenvalue weighted by molar-refractivity contribution is 6.20. The van der Waals surface area contributed by atoms with Crippen LogP contribution in [0.5, 0.6) is 5.75 Å². The highest BCUT2D eigenvalue weighted by atomic mass is 35.5. The molecule has 0 spiro atoms. The lowest BCUT2D eigenvalue weighted by atomic mass is 9.94. The summed E-state index contributed by atoms with van der Waals surface area (Å²) in [6.45, 7) is 3.73. The molecule has 1 aromatic rings. The minimum absolute atomic E-state index is 0.0597. The van der Waals surface area contributed by atoms with Gasteiger partial charge in [0.2, 0.25) is 0 Å². The van der Waals surface area contributed by atoms with Crippen molar-refractivity contribution < 1.29 is 9.53 Å². The Morgan fingerprint density at radius 1 is 1.37 bits per heavy atom. The Hall–Kier alpha value is -1.22. The number of likely N-dealkylation sites (tertiary alicyclic amines) is 1. The minimum atomic E-state index is 0.0597. The van der Waals surface area contributed by atoms with Crippen molar-refractivity contribution >= 4 is 17.5 Å². The zero-order chi connectivity index (χ0) is 13.7. The number of hydrogen-bond donors (Lipinski definition) is 0. The first kappa shape index (κ1) is 14.2. The summed E-state index contributed by atoms with van der Waals surface area (Å²) in [4.78, 5) is 13.9. The normalized spacial score (nSPS) is 18.1. The predicted molar refractivity (Wildman–Crippen MR) is 76.6 cm³/mol. The molecule has 1 saturated heterocycles. The molecule has 0 bridgehead atoms. The van der Waals surface area contributed by atoms with E-state index in [4.69, 9.17) is 16.3 Å². The number of carbonyl (C=O) groups is 1. The number of carbonyl (C=O) groups excluding carboxylic acids is 1. The Morgan fingerprint density at radius 2 is 2.00 bits per heavy atom. The van der Waals surface area contributed by atoms with Crippen LogP contribution in [0.15, 0.2) is 30.3 Å². The fraction of sp³-hybridized carbons (Fsp3) is 0.533. The van der Waals surface area contributed by atoms with Crippen LogP contribution in [0, 0.1) is 5.92 Å². The van der Waals surface area contributed by atoms with Gasteiger partial charge in [-0.1, -0.05) is 18.2 Å². The standard InChI is InChI=1S/C15H20ClNO2/c1-12(16)13-7-9-17(10-8-13)15(18)11-19-14-5-3-2-4-6-14/h2-6,12-13H,7-11H2,1H3. The van der Waals surface area contributed by atoms with Gasteiger partial charge in [0.15, 0.2) is 6.61 Å². The monoisotopic (exact) mass is 281 g/mol. The Bertz CT molecular complexity index is 400. The van der Waals surface area contributed by atoms with Gasteiger partial charge >= 0.3 is 0 Å². The Balaban J connectivity index is 1.76. The van der Waals surface area contributed by atoms with Gasteiger partial charge in [0.05, 0.1) is 0 Å². The third-order valence-corrected chi connectivity index (χ3v) is 4.00. The van der Waals surface area contributed by atoms with Crippen molar-refractivity contribution in [1.29, 1.82) is 0 Å². The number of rotatable bonds is 4. The van der Waals surface area contributed by atoms with Crippen molar-refractivity contribution in [3.63, 3.8) is 0 Å². The van der Waals surface area contributed by atoms with E-state index in [0.717, 1.165) is 31.7 Å². The van der Waals surface area contributed by atoms with Crippen LogP contribution >= 0.6 is 11.6 Å². The molecule has 2 rings (SSSR count). The molecule has 1 aromatic carbocycles. The molecular weight excluding hydrogens is 262 g/mol. The number of benzene rings is 1. The largest absolute Gasteiger partial charge is 0.484 e. The fourth-order valence-corrected chi connectivity index (χ4v) is 2.61. The summed E-state index contributed by atoms with van der Waals surface area (Å²) in [5.41, 5.74) is 0. The summed E-state index contributed by atoms with van der Waals surface area (Å²) in [7, 11) is 0. The van der Waals surface area contributed by atoms with Crippen molar-refractivity contribution in [1.82, 2.24) is 4.90 Å².